The highest BCUT2D eigenvalue weighted by Crippen LogP contribution is 2.11. The molecule has 0 saturated carbocycles. The maximum absolute atomic E-state index is 11.8. The third-order valence-corrected chi connectivity index (χ3v) is 3.00. The molecule has 92 valence electrons. The van der Waals surface area contributed by atoms with Crippen molar-refractivity contribution in [2.45, 2.75) is 18.9 Å². The van der Waals surface area contributed by atoms with Gasteiger partial charge in [-0.25, -0.2) is 0 Å². The summed E-state index contributed by atoms with van der Waals surface area (Å²) in [5.74, 6) is 0.773. The Bertz CT molecular complexity index is 359. The summed E-state index contributed by atoms with van der Waals surface area (Å²) in [4.78, 5) is 13.7. The number of carbonyl (C=O) groups excluding carboxylic acids is 1. The van der Waals surface area contributed by atoms with E-state index in [0.29, 0.717) is 0 Å². The van der Waals surface area contributed by atoms with Crippen molar-refractivity contribution in [1.29, 1.82) is 0 Å². The van der Waals surface area contributed by atoms with Crippen molar-refractivity contribution in [3.05, 3.63) is 30.3 Å². The largest absolute Gasteiger partial charge is 0.484 e. The van der Waals surface area contributed by atoms with Crippen LogP contribution in [0.5, 0.6) is 5.75 Å². The van der Waals surface area contributed by atoms with E-state index < -0.39 is 0 Å². The third kappa shape index (κ3) is 3.46. The van der Waals surface area contributed by atoms with Gasteiger partial charge in [0.25, 0.3) is 5.91 Å². The lowest BCUT2D eigenvalue weighted by Crippen LogP contribution is -2.44. The minimum Gasteiger partial charge on any atom is -0.484 e. The van der Waals surface area contributed by atoms with Gasteiger partial charge in [-0.3, -0.25) is 4.79 Å². The summed E-state index contributed by atoms with van der Waals surface area (Å²) in [5, 5.41) is 0. The summed E-state index contributed by atoms with van der Waals surface area (Å²) in [5.41, 5.74) is 5.79. The zero-order valence-corrected chi connectivity index (χ0v) is 9.84. The molecular formula is C13H18N2O2. The number of carbonyl (C=O) groups is 1. The van der Waals surface area contributed by atoms with Gasteiger partial charge in [0, 0.05) is 19.1 Å². The van der Waals surface area contributed by atoms with Crippen LogP contribution in [0, 0.1) is 0 Å². The Hall–Kier alpha value is -1.55. The van der Waals surface area contributed by atoms with Crippen LogP contribution in [0.3, 0.4) is 0 Å². The van der Waals surface area contributed by atoms with Gasteiger partial charge in [0.05, 0.1) is 0 Å². The molecule has 4 heteroatoms. The summed E-state index contributed by atoms with van der Waals surface area (Å²) in [6.07, 6.45) is 1.77. The van der Waals surface area contributed by atoms with Crippen LogP contribution in [0.1, 0.15) is 12.8 Å². The Morgan fingerprint density at radius 2 is 1.94 bits per heavy atom. The van der Waals surface area contributed by atoms with Crippen molar-refractivity contribution < 1.29 is 9.53 Å². The number of piperidine rings is 1. The van der Waals surface area contributed by atoms with Gasteiger partial charge in [-0.05, 0) is 25.0 Å². The lowest BCUT2D eigenvalue weighted by molar-refractivity contribution is -0.134. The Morgan fingerprint density at radius 1 is 1.29 bits per heavy atom. The van der Waals surface area contributed by atoms with E-state index in [4.69, 9.17) is 10.5 Å². The van der Waals surface area contributed by atoms with Crippen molar-refractivity contribution in [2.24, 2.45) is 5.73 Å². The monoisotopic (exact) mass is 234 g/mol. The number of rotatable bonds is 3. The zero-order valence-electron chi connectivity index (χ0n) is 9.84. The van der Waals surface area contributed by atoms with E-state index >= 15 is 0 Å². The normalized spacial score (nSPS) is 16.9. The molecule has 0 bridgehead atoms. The Labute approximate surface area is 101 Å². The van der Waals surface area contributed by atoms with E-state index in [1.807, 2.05) is 35.2 Å². The van der Waals surface area contributed by atoms with Gasteiger partial charge in [-0.2, -0.15) is 0 Å². The van der Waals surface area contributed by atoms with Crippen molar-refractivity contribution >= 4 is 5.91 Å². The molecule has 1 aromatic rings. The van der Waals surface area contributed by atoms with Crippen molar-refractivity contribution in [3.8, 4) is 5.75 Å². The summed E-state index contributed by atoms with van der Waals surface area (Å²) in [6, 6.07) is 9.63. The van der Waals surface area contributed by atoms with Crippen LogP contribution in [0.2, 0.25) is 0 Å². The molecule has 1 heterocycles. The topological polar surface area (TPSA) is 55.6 Å². The molecule has 0 spiro atoms. The first-order valence-electron chi connectivity index (χ1n) is 5.97. The second kappa shape index (κ2) is 5.68. The SMILES string of the molecule is NC1CCN(C(=O)COc2ccccc2)CC1. The highest BCUT2D eigenvalue weighted by atomic mass is 16.5. The number of nitrogens with zero attached hydrogens (tertiary/aromatic N) is 1. The molecule has 0 aliphatic carbocycles. The molecule has 0 atom stereocenters. The molecule has 0 radical (unpaired) electrons. The van der Waals surface area contributed by atoms with Gasteiger partial charge in [-0.15, -0.1) is 0 Å². The molecule has 4 nitrogen and oxygen atoms in total. The number of hydrogen-bond donors (Lipinski definition) is 1. The Kier molecular flexibility index (Phi) is 3.98. The van der Waals surface area contributed by atoms with Crippen LogP contribution in [-0.2, 0) is 4.79 Å². The van der Waals surface area contributed by atoms with E-state index in [9.17, 15) is 4.79 Å². The van der Waals surface area contributed by atoms with Gasteiger partial charge in [-0.1, -0.05) is 18.2 Å². The number of likely N-dealkylation sites (tertiary alicyclic amines) is 1. The average molecular weight is 234 g/mol. The number of amides is 1. The Morgan fingerprint density at radius 3 is 2.59 bits per heavy atom. The maximum atomic E-state index is 11.8. The number of nitrogens with two attached hydrogens (primary N) is 1. The first-order valence-corrected chi connectivity index (χ1v) is 5.97. The van der Waals surface area contributed by atoms with Gasteiger partial charge in [0.2, 0.25) is 0 Å². The van der Waals surface area contributed by atoms with Crippen molar-refractivity contribution in [2.75, 3.05) is 19.7 Å². The lowest BCUT2D eigenvalue weighted by Gasteiger charge is -2.30. The molecule has 1 aliphatic heterocycles. The van der Waals surface area contributed by atoms with E-state index in [1.165, 1.54) is 0 Å². The molecule has 2 N–H and O–H groups in total. The number of hydrogen-bond acceptors (Lipinski definition) is 3. The Balaban J connectivity index is 1.78. The van der Waals surface area contributed by atoms with Crippen molar-refractivity contribution in [1.82, 2.24) is 4.90 Å². The van der Waals surface area contributed by atoms with Crippen molar-refractivity contribution in [3.63, 3.8) is 0 Å². The van der Waals surface area contributed by atoms with Crippen LogP contribution in [-0.4, -0.2) is 36.5 Å². The number of benzene rings is 1. The molecular weight excluding hydrogens is 216 g/mol. The molecule has 17 heavy (non-hydrogen) atoms. The molecule has 1 amide bonds. The third-order valence-electron chi connectivity index (χ3n) is 3.00. The van der Waals surface area contributed by atoms with Crippen LogP contribution in [0.15, 0.2) is 30.3 Å². The smallest absolute Gasteiger partial charge is 0.260 e. The maximum Gasteiger partial charge on any atom is 0.260 e. The molecule has 0 unspecified atom stereocenters. The highest BCUT2D eigenvalue weighted by molar-refractivity contribution is 5.77. The van der Waals surface area contributed by atoms with E-state index in [1.54, 1.807) is 0 Å². The molecule has 1 saturated heterocycles. The molecule has 2 rings (SSSR count). The lowest BCUT2D eigenvalue weighted by atomic mass is 10.1. The highest BCUT2D eigenvalue weighted by Gasteiger charge is 2.20. The van der Waals surface area contributed by atoms with Gasteiger partial charge < -0.3 is 15.4 Å². The van der Waals surface area contributed by atoms with Gasteiger partial charge in [0.1, 0.15) is 5.75 Å². The fourth-order valence-electron chi connectivity index (χ4n) is 1.90. The summed E-state index contributed by atoms with van der Waals surface area (Å²) in [7, 11) is 0. The summed E-state index contributed by atoms with van der Waals surface area (Å²) < 4.78 is 5.43. The standard InChI is InChI=1S/C13H18N2O2/c14-11-6-8-15(9-7-11)13(16)10-17-12-4-2-1-3-5-12/h1-5,11H,6-10,14H2. The predicted molar refractivity (Wildman–Crippen MR) is 65.7 cm³/mol. The van der Waals surface area contributed by atoms with E-state index in [-0.39, 0.29) is 18.6 Å². The van der Waals surface area contributed by atoms with E-state index in [0.717, 1.165) is 31.7 Å². The minimum atomic E-state index is 0.0424. The van der Waals surface area contributed by atoms with Crippen LogP contribution in [0.25, 0.3) is 0 Å². The second-order valence-corrected chi connectivity index (χ2v) is 4.32. The average Bonchev–Trinajstić information content (AvgIpc) is 2.38. The minimum absolute atomic E-state index is 0.0424. The predicted octanol–water partition coefficient (Wildman–Crippen LogP) is 1.02. The van der Waals surface area contributed by atoms with Gasteiger partial charge >= 0.3 is 0 Å². The zero-order chi connectivity index (χ0) is 12.1. The first kappa shape index (κ1) is 11.9. The second-order valence-electron chi connectivity index (χ2n) is 4.32. The summed E-state index contributed by atoms with van der Waals surface area (Å²) in [6.45, 7) is 1.61. The number of ether oxygens (including phenoxy) is 1. The van der Waals surface area contributed by atoms with Crippen LogP contribution in [0.4, 0.5) is 0 Å². The summed E-state index contributed by atoms with van der Waals surface area (Å²) >= 11 is 0. The fraction of sp³-hybridized carbons (Fsp3) is 0.462. The van der Waals surface area contributed by atoms with Crippen LogP contribution >= 0.6 is 0 Å². The molecule has 1 aromatic carbocycles. The quantitative estimate of drug-likeness (QED) is 0.849. The molecule has 1 aliphatic rings. The molecule has 0 aromatic heterocycles. The van der Waals surface area contributed by atoms with Crippen LogP contribution < -0.4 is 10.5 Å². The number of para-hydroxylation sites is 1. The first-order chi connectivity index (χ1) is 8.25. The van der Waals surface area contributed by atoms with E-state index in [2.05, 4.69) is 0 Å². The molecule has 1 fully saturated rings. The van der Waals surface area contributed by atoms with Gasteiger partial charge in [0.15, 0.2) is 6.61 Å². The fourth-order valence-corrected chi connectivity index (χ4v) is 1.90.